The molecule has 0 unspecified atom stereocenters. The van der Waals surface area contributed by atoms with E-state index in [2.05, 4.69) is 66.7 Å². The van der Waals surface area contributed by atoms with Crippen LogP contribution in [0.1, 0.15) is 0 Å². The number of hydrogen-bond acceptors (Lipinski definition) is 2. The topological polar surface area (TPSA) is 35.2 Å². The molecule has 0 saturated carbocycles. The molecule has 0 amide bonds. The summed E-state index contributed by atoms with van der Waals surface area (Å²) in [5, 5.41) is 10.1. The fourth-order valence-corrected chi connectivity index (χ4v) is 3.91. The lowest BCUT2D eigenvalue weighted by molar-refractivity contribution is 0.332. The molecule has 0 spiro atoms. The third kappa shape index (κ3) is 1.75. The molecule has 2 nitrogen and oxygen atoms in total. The van der Waals surface area contributed by atoms with Crippen molar-refractivity contribution in [2.45, 2.75) is 0 Å². The summed E-state index contributed by atoms with van der Waals surface area (Å²) < 4.78 is 6.00. The highest BCUT2D eigenvalue weighted by molar-refractivity contribution is 6.34. The zero-order chi connectivity index (χ0) is 16.1. The standard InChI is InChI=1S/C22H17NO/c23-12-13-24-19-11-10-15-6-2-8-17-16-7-1-4-14-5-3-9-18(20(14)16)22(19)21(15)17/h1-11H,12-13,23H2. The summed E-state index contributed by atoms with van der Waals surface area (Å²) in [6.07, 6.45) is 0. The van der Waals surface area contributed by atoms with Crippen LogP contribution >= 0.6 is 0 Å². The van der Waals surface area contributed by atoms with Gasteiger partial charge in [-0.15, -0.1) is 0 Å². The third-order valence-electron chi connectivity index (χ3n) is 4.85. The van der Waals surface area contributed by atoms with E-state index in [4.69, 9.17) is 10.5 Å². The van der Waals surface area contributed by atoms with Crippen molar-refractivity contribution in [2.75, 3.05) is 13.2 Å². The summed E-state index contributed by atoms with van der Waals surface area (Å²) in [6, 6.07) is 23.8. The molecule has 0 atom stereocenters. The molecule has 0 aliphatic carbocycles. The fourth-order valence-electron chi connectivity index (χ4n) is 3.91. The van der Waals surface area contributed by atoms with Crippen molar-refractivity contribution in [3.63, 3.8) is 0 Å². The number of rotatable bonds is 3. The Morgan fingerprint density at radius 2 is 1.25 bits per heavy atom. The molecule has 5 rings (SSSR count). The highest BCUT2D eigenvalue weighted by Gasteiger charge is 2.15. The number of ether oxygens (including phenoxy) is 1. The average Bonchev–Trinajstić information content (AvgIpc) is 2.64. The Balaban J connectivity index is 2.10. The van der Waals surface area contributed by atoms with Gasteiger partial charge in [0.05, 0.1) is 0 Å². The van der Waals surface area contributed by atoms with Crippen molar-refractivity contribution in [1.82, 2.24) is 0 Å². The second-order valence-electron chi connectivity index (χ2n) is 6.19. The van der Waals surface area contributed by atoms with Gasteiger partial charge in [-0.25, -0.2) is 0 Å². The molecule has 5 aromatic carbocycles. The van der Waals surface area contributed by atoms with Crippen LogP contribution < -0.4 is 10.5 Å². The fraction of sp³-hybridized carbons (Fsp3) is 0.0909. The van der Waals surface area contributed by atoms with E-state index in [9.17, 15) is 0 Å². The molecule has 116 valence electrons. The zero-order valence-corrected chi connectivity index (χ0v) is 13.3. The molecule has 0 radical (unpaired) electrons. The average molecular weight is 311 g/mol. The van der Waals surface area contributed by atoms with Gasteiger partial charge in [0.15, 0.2) is 0 Å². The van der Waals surface area contributed by atoms with E-state index in [1.807, 2.05) is 0 Å². The van der Waals surface area contributed by atoms with Gasteiger partial charge in [0.1, 0.15) is 12.4 Å². The molecule has 2 N–H and O–H groups in total. The molecule has 0 aliphatic rings. The van der Waals surface area contributed by atoms with E-state index in [-0.39, 0.29) is 0 Å². The first kappa shape index (κ1) is 13.6. The SMILES string of the molecule is NCCOc1ccc2cccc3c4cccc5cccc(c1c23)c54. The molecule has 0 bridgehead atoms. The minimum atomic E-state index is 0.514. The highest BCUT2D eigenvalue weighted by Crippen LogP contribution is 2.43. The molecule has 0 saturated heterocycles. The van der Waals surface area contributed by atoms with E-state index in [0.717, 1.165) is 5.75 Å². The molecule has 0 heterocycles. The van der Waals surface area contributed by atoms with Crippen LogP contribution in [0.25, 0.3) is 43.1 Å². The van der Waals surface area contributed by atoms with E-state index in [1.165, 1.54) is 43.1 Å². The first-order chi connectivity index (χ1) is 11.9. The Morgan fingerprint density at radius 3 is 1.96 bits per heavy atom. The summed E-state index contributed by atoms with van der Waals surface area (Å²) >= 11 is 0. The second-order valence-corrected chi connectivity index (χ2v) is 6.19. The number of hydrogen-bond donors (Lipinski definition) is 1. The van der Waals surface area contributed by atoms with Crippen LogP contribution in [0.3, 0.4) is 0 Å². The Labute approximate surface area is 139 Å². The van der Waals surface area contributed by atoms with Crippen LogP contribution in [0.2, 0.25) is 0 Å². The lowest BCUT2D eigenvalue weighted by atomic mass is 9.89. The van der Waals surface area contributed by atoms with Crippen molar-refractivity contribution >= 4 is 43.1 Å². The van der Waals surface area contributed by atoms with Crippen molar-refractivity contribution in [1.29, 1.82) is 0 Å². The van der Waals surface area contributed by atoms with Crippen LogP contribution in [0, 0.1) is 0 Å². The van der Waals surface area contributed by atoms with E-state index in [1.54, 1.807) is 0 Å². The zero-order valence-electron chi connectivity index (χ0n) is 13.3. The molecular weight excluding hydrogens is 294 g/mol. The van der Waals surface area contributed by atoms with Gasteiger partial charge in [-0.2, -0.15) is 0 Å². The maximum Gasteiger partial charge on any atom is 0.127 e. The summed E-state index contributed by atoms with van der Waals surface area (Å²) in [5.74, 6) is 0.919. The first-order valence-corrected chi connectivity index (χ1v) is 8.29. The maximum atomic E-state index is 6.00. The van der Waals surface area contributed by atoms with Crippen molar-refractivity contribution in [3.8, 4) is 5.75 Å². The van der Waals surface area contributed by atoms with Gasteiger partial charge < -0.3 is 10.5 Å². The monoisotopic (exact) mass is 311 g/mol. The Kier molecular flexibility index (Phi) is 2.88. The van der Waals surface area contributed by atoms with Gasteiger partial charge in [-0.3, -0.25) is 0 Å². The van der Waals surface area contributed by atoms with E-state index in [0.29, 0.717) is 13.2 Å². The third-order valence-corrected chi connectivity index (χ3v) is 4.85. The van der Waals surface area contributed by atoms with Gasteiger partial charge >= 0.3 is 0 Å². The van der Waals surface area contributed by atoms with Crippen molar-refractivity contribution < 1.29 is 4.74 Å². The van der Waals surface area contributed by atoms with Crippen molar-refractivity contribution in [3.05, 3.63) is 66.7 Å². The minimum Gasteiger partial charge on any atom is -0.492 e. The number of benzene rings is 5. The molecule has 24 heavy (non-hydrogen) atoms. The van der Waals surface area contributed by atoms with E-state index >= 15 is 0 Å². The van der Waals surface area contributed by atoms with Crippen LogP contribution in [0.15, 0.2) is 66.7 Å². The Hall–Kier alpha value is -2.84. The normalized spacial score (nSPS) is 11.9. The first-order valence-electron chi connectivity index (χ1n) is 8.29. The Bertz CT molecular complexity index is 1190. The lowest BCUT2D eigenvalue weighted by Gasteiger charge is -2.17. The highest BCUT2D eigenvalue weighted by atomic mass is 16.5. The largest absolute Gasteiger partial charge is 0.492 e. The summed E-state index contributed by atoms with van der Waals surface area (Å²) in [4.78, 5) is 0. The summed E-state index contributed by atoms with van der Waals surface area (Å²) in [7, 11) is 0. The number of nitrogens with two attached hydrogens (primary N) is 1. The van der Waals surface area contributed by atoms with Gasteiger partial charge in [0.2, 0.25) is 0 Å². The Morgan fingerprint density at radius 1 is 0.625 bits per heavy atom. The van der Waals surface area contributed by atoms with Crippen LogP contribution in [0.5, 0.6) is 5.75 Å². The van der Waals surface area contributed by atoms with Gasteiger partial charge in [0, 0.05) is 17.3 Å². The van der Waals surface area contributed by atoms with Crippen LogP contribution in [-0.4, -0.2) is 13.2 Å². The number of fused-ring (bicyclic) bond motifs is 2. The lowest BCUT2D eigenvalue weighted by Crippen LogP contribution is -2.10. The predicted octanol–water partition coefficient (Wildman–Crippen LogP) is 5.07. The smallest absolute Gasteiger partial charge is 0.127 e. The van der Waals surface area contributed by atoms with Crippen LogP contribution in [0.4, 0.5) is 0 Å². The molecule has 2 heteroatoms. The molecule has 0 aromatic heterocycles. The summed E-state index contributed by atoms with van der Waals surface area (Å²) in [5.41, 5.74) is 5.65. The maximum absolute atomic E-state index is 6.00. The molecule has 5 aromatic rings. The van der Waals surface area contributed by atoms with Crippen LogP contribution in [-0.2, 0) is 0 Å². The van der Waals surface area contributed by atoms with E-state index < -0.39 is 0 Å². The minimum absolute atomic E-state index is 0.514. The van der Waals surface area contributed by atoms with Gasteiger partial charge in [-0.1, -0.05) is 60.7 Å². The summed E-state index contributed by atoms with van der Waals surface area (Å²) in [6.45, 7) is 1.04. The second kappa shape index (κ2) is 5.08. The quantitative estimate of drug-likeness (QED) is 0.373. The molecule has 0 aliphatic heterocycles. The predicted molar refractivity (Wildman–Crippen MR) is 102 cm³/mol. The van der Waals surface area contributed by atoms with Crippen molar-refractivity contribution in [2.24, 2.45) is 5.73 Å². The molecule has 0 fully saturated rings. The van der Waals surface area contributed by atoms with Gasteiger partial charge in [0.25, 0.3) is 0 Å². The van der Waals surface area contributed by atoms with Gasteiger partial charge in [-0.05, 0) is 38.4 Å². The molecular formula is C22H17NO.